The van der Waals surface area contributed by atoms with Crippen molar-refractivity contribution in [2.75, 3.05) is 7.11 Å². The molecule has 2 aromatic carbocycles. The van der Waals surface area contributed by atoms with Crippen molar-refractivity contribution in [1.82, 2.24) is 0 Å². The van der Waals surface area contributed by atoms with E-state index in [-0.39, 0.29) is 12.0 Å². The molecule has 4 atom stereocenters. The number of ether oxygens (including phenoxy) is 3. The largest absolute Gasteiger partial charge is 0.497 e. The van der Waals surface area contributed by atoms with Crippen molar-refractivity contribution in [1.29, 1.82) is 0 Å². The van der Waals surface area contributed by atoms with Crippen LogP contribution in [0.3, 0.4) is 0 Å². The summed E-state index contributed by atoms with van der Waals surface area (Å²) in [6.07, 6.45) is 0.959. The first-order valence-corrected chi connectivity index (χ1v) is 9.75. The molecule has 2 rings (SSSR count). The average Bonchev–Trinajstić information content (AvgIpc) is 2.71. The van der Waals surface area contributed by atoms with E-state index in [2.05, 4.69) is 19.1 Å². The summed E-state index contributed by atoms with van der Waals surface area (Å²) in [6.45, 7) is 5.61. The van der Waals surface area contributed by atoms with Gasteiger partial charge in [0.25, 0.3) is 0 Å². The molecule has 0 aliphatic heterocycles. The molecule has 0 aliphatic rings. The molecular formula is C23H31NO4. The molecule has 28 heavy (non-hydrogen) atoms. The molecule has 5 heteroatoms. The van der Waals surface area contributed by atoms with Crippen LogP contribution in [0.25, 0.3) is 0 Å². The minimum atomic E-state index is -0.665. The van der Waals surface area contributed by atoms with E-state index < -0.39 is 18.1 Å². The van der Waals surface area contributed by atoms with Crippen molar-refractivity contribution in [3.05, 3.63) is 60.2 Å². The maximum absolute atomic E-state index is 12.0. The van der Waals surface area contributed by atoms with Crippen molar-refractivity contribution in [2.45, 2.75) is 51.9 Å². The van der Waals surface area contributed by atoms with E-state index >= 15 is 0 Å². The molecule has 0 saturated heterocycles. The number of carbonyl (C=O) groups excluding carboxylic acids is 1. The third-order valence-electron chi connectivity index (χ3n) is 4.80. The van der Waals surface area contributed by atoms with Crippen molar-refractivity contribution in [2.24, 2.45) is 11.7 Å². The Hall–Kier alpha value is -2.53. The first-order chi connectivity index (χ1) is 13.4. The van der Waals surface area contributed by atoms with Gasteiger partial charge in [0.1, 0.15) is 29.7 Å². The second-order valence-corrected chi connectivity index (χ2v) is 7.05. The number of benzene rings is 2. The van der Waals surface area contributed by atoms with Gasteiger partial charge >= 0.3 is 5.97 Å². The fraction of sp³-hybridized carbons (Fsp3) is 0.435. The predicted molar refractivity (Wildman–Crippen MR) is 111 cm³/mol. The summed E-state index contributed by atoms with van der Waals surface area (Å²) < 4.78 is 17.1. The van der Waals surface area contributed by atoms with Crippen LogP contribution in [0.4, 0.5) is 0 Å². The van der Waals surface area contributed by atoms with Gasteiger partial charge in [-0.15, -0.1) is 0 Å². The highest BCUT2D eigenvalue weighted by molar-refractivity contribution is 5.75. The van der Waals surface area contributed by atoms with E-state index in [1.807, 2.05) is 49.4 Å². The Labute approximate surface area is 167 Å². The Morgan fingerprint density at radius 2 is 1.64 bits per heavy atom. The van der Waals surface area contributed by atoms with Crippen LogP contribution in [-0.2, 0) is 16.0 Å². The molecule has 0 radical (unpaired) electrons. The number of rotatable bonds is 10. The van der Waals surface area contributed by atoms with Gasteiger partial charge < -0.3 is 19.9 Å². The predicted octanol–water partition coefficient (Wildman–Crippen LogP) is 3.99. The van der Waals surface area contributed by atoms with Gasteiger partial charge in [-0.2, -0.15) is 0 Å². The van der Waals surface area contributed by atoms with E-state index in [1.54, 1.807) is 14.0 Å². The SMILES string of the molecule is CC[C@H](Cc1ccc(OC)cc1)[C@@H](Oc1ccccc1)[C@H](C)OC(=O)[C@H](C)N. The van der Waals surface area contributed by atoms with Gasteiger partial charge in [-0.05, 0) is 56.5 Å². The number of methoxy groups -OCH3 is 1. The lowest BCUT2D eigenvalue weighted by atomic mass is 9.89. The maximum Gasteiger partial charge on any atom is 0.323 e. The highest BCUT2D eigenvalue weighted by Crippen LogP contribution is 2.26. The first-order valence-electron chi connectivity index (χ1n) is 9.75. The van der Waals surface area contributed by atoms with Crippen LogP contribution in [0.15, 0.2) is 54.6 Å². The highest BCUT2D eigenvalue weighted by atomic mass is 16.6. The monoisotopic (exact) mass is 385 g/mol. The van der Waals surface area contributed by atoms with Crippen molar-refractivity contribution in [3.63, 3.8) is 0 Å². The minimum Gasteiger partial charge on any atom is -0.497 e. The molecule has 0 saturated carbocycles. The Bertz CT molecular complexity index is 715. The summed E-state index contributed by atoms with van der Waals surface area (Å²) in [5.74, 6) is 1.32. The number of hydrogen-bond acceptors (Lipinski definition) is 5. The van der Waals surface area contributed by atoms with E-state index in [0.29, 0.717) is 0 Å². The van der Waals surface area contributed by atoms with E-state index in [4.69, 9.17) is 19.9 Å². The standard InChI is InChI=1S/C23H31NO4/c1-5-19(15-18-11-13-20(26-4)14-12-18)22(17(3)27-23(25)16(2)24)28-21-9-7-6-8-10-21/h6-14,16-17,19,22H,5,15,24H2,1-4H3/t16-,17-,19+,22-/m0/s1. The fourth-order valence-electron chi connectivity index (χ4n) is 3.15. The van der Waals surface area contributed by atoms with Crippen molar-refractivity contribution >= 4 is 5.97 Å². The average molecular weight is 386 g/mol. The van der Waals surface area contributed by atoms with Crippen LogP contribution >= 0.6 is 0 Å². The van der Waals surface area contributed by atoms with Gasteiger partial charge in [0.15, 0.2) is 0 Å². The molecule has 0 heterocycles. The zero-order chi connectivity index (χ0) is 20.5. The van der Waals surface area contributed by atoms with E-state index in [1.165, 1.54) is 5.56 Å². The second kappa shape index (κ2) is 10.7. The summed E-state index contributed by atoms with van der Waals surface area (Å²) >= 11 is 0. The molecule has 152 valence electrons. The Morgan fingerprint density at radius 1 is 1.00 bits per heavy atom. The van der Waals surface area contributed by atoms with Gasteiger partial charge in [-0.1, -0.05) is 37.3 Å². The Morgan fingerprint density at radius 3 is 2.18 bits per heavy atom. The molecule has 0 aromatic heterocycles. The number of hydrogen-bond donors (Lipinski definition) is 1. The summed E-state index contributed by atoms with van der Waals surface area (Å²) in [7, 11) is 1.65. The normalized spacial score (nSPS) is 15.2. The smallest absolute Gasteiger partial charge is 0.323 e. The van der Waals surface area contributed by atoms with Gasteiger partial charge in [0, 0.05) is 5.92 Å². The lowest BCUT2D eigenvalue weighted by Gasteiger charge is -2.32. The van der Waals surface area contributed by atoms with Crippen molar-refractivity contribution < 1.29 is 19.0 Å². The van der Waals surface area contributed by atoms with Crippen LogP contribution in [0.5, 0.6) is 11.5 Å². The van der Waals surface area contributed by atoms with Gasteiger partial charge in [0.05, 0.1) is 7.11 Å². The lowest BCUT2D eigenvalue weighted by molar-refractivity contribution is -0.155. The topological polar surface area (TPSA) is 70.8 Å². The van der Waals surface area contributed by atoms with E-state index in [9.17, 15) is 4.79 Å². The van der Waals surface area contributed by atoms with Crippen LogP contribution < -0.4 is 15.2 Å². The molecule has 0 unspecified atom stereocenters. The molecule has 0 bridgehead atoms. The molecule has 0 aliphatic carbocycles. The number of para-hydroxylation sites is 1. The van der Waals surface area contributed by atoms with Crippen LogP contribution in [0, 0.1) is 5.92 Å². The van der Waals surface area contributed by atoms with Crippen molar-refractivity contribution in [3.8, 4) is 11.5 Å². The Balaban J connectivity index is 2.21. The number of carbonyl (C=O) groups is 1. The van der Waals surface area contributed by atoms with Crippen LogP contribution in [-0.4, -0.2) is 31.3 Å². The molecule has 2 N–H and O–H groups in total. The second-order valence-electron chi connectivity index (χ2n) is 7.05. The molecule has 0 amide bonds. The van der Waals surface area contributed by atoms with Gasteiger partial charge in [-0.25, -0.2) is 0 Å². The minimum absolute atomic E-state index is 0.157. The summed E-state index contributed by atoms with van der Waals surface area (Å²) in [5, 5.41) is 0. The number of nitrogens with two attached hydrogens (primary N) is 1. The summed E-state index contributed by atoms with van der Waals surface area (Å²) in [5.41, 5.74) is 6.85. The highest BCUT2D eigenvalue weighted by Gasteiger charge is 2.31. The fourth-order valence-corrected chi connectivity index (χ4v) is 3.15. The summed E-state index contributed by atoms with van der Waals surface area (Å²) in [6, 6.07) is 17.0. The third-order valence-corrected chi connectivity index (χ3v) is 4.80. The molecule has 2 aromatic rings. The summed E-state index contributed by atoms with van der Waals surface area (Å²) in [4.78, 5) is 12.0. The Kier molecular flexibility index (Phi) is 8.33. The zero-order valence-corrected chi connectivity index (χ0v) is 17.1. The maximum atomic E-state index is 12.0. The van der Waals surface area contributed by atoms with Gasteiger partial charge in [0.2, 0.25) is 0 Å². The molecule has 0 fully saturated rings. The lowest BCUT2D eigenvalue weighted by Crippen LogP contribution is -2.43. The van der Waals surface area contributed by atoms with E-state index in [0.717, 1.165) is 24.3 Å². The van der Waals surface area contributed by atoms with Crippen LogP contribution in [0.1, 0.15) is 32.8 Å². The quantitative estimate of drug-likeness (QED) is 0.626. The first kappa shape index (κ1) is 21.8. The van der Waals surface area contributed by atoms with Gasteiger partial charge in [-0.3, -0.25) is 4.79 Å². The third kappa shape index (κ3) is 6.27. The van der Waals surface area contributed by atoms with Crippen LogP contribution in [0.2, 0.25) is 0 Å². The molecular weight excluding hydrogens is 354 g/mol. The number of esters is 1. The molecule has 0 spiro atoms. The zero-order valence-electron chi connectivity index (χ0n) is 17.1. The molecule has 5 nitrogen and oxygen atoms in total.